The highest BCUT2D eigenvalue weighted by Crippen LogP contribution is 2.12. The van der Waals surface area contributed by atoms with Crippen LogP contribution >= 0.6 is 0 Å². The molecule has 0 saturated heterocycles. The normalized spacial score (nSPS) is 11.7. The average Bonchev–Trinajstić information content (AvgIpc) is 2.54. The molecule has 1 atom stereocenters. The lowest BCUT2D eigenvalue weighted by Gasteiger charge is -2.12. The van der Waals surface area contributed by atoms with Crippen LogP contribution in [0.2, 0.25) is 0 Å². The minimum absolute atomic E-state index is 0.210. The first kappa shape index (κ1) is 15.0. The number of rotatable bonds is 6. The highest BCUT2D eigenvalue weighted by Gasteiger charge is 2.13. The van der Waals surface area contributed by atoms with Gasteiger partial charge in [0.05, 0.1) is 25.0 Å². The minimum atomic E-state index is -0.549. The van der Waals surface area contributed by atoms with E-state index in [9.17, 15) is 4.79 Å². The summed E-state index contributed by atoms with van der Waals surface area (Å²) >= 11 is 0. The van der Waals surface area contributed by atoms with E-state index in [4.69, 9.17) is 10.5 Å². The fourth-order valence-corrected chi connectivity index (χ4v) is 1.91. The molecule has 5 nitrogen and oxygen atoms in total. The van der Waals surface area contributed by atoms with Crippen LogP contribution in [0.4, 0.5) is 5.69 Å². The topological polar surface area (TPSA) is 77.2 Å². The molecule has 0 aliphatic carbocycles. The van der Waals surface area contributed by atoms with Crippen LogP contribution in [0.3, 0.4) is 0 Å². The number of nitrogens with two attached hydrogens (primary N) is 1. The zero-order chi connectivity index (χ0) is 15.1. The monoisotopic (exact) mass is 285 g/mol. The molecule has 0 spiro atoms. The largest absolute Gasteiger partial charge is 0.481 e. The summed E-state index contributed by atoms with van der Waals surface area (Å²) in [5, 5.41) is 2.75. The van der Waals surface area contributed by atoms with Crippen LogP contribution in [0.25, 0.3) is 0 Å². The maximum atomic E-state index is 12.0. The molecule has 2 rings (SSSR count). The molecule has 2 aromatic rings. The SMILES string of the molecule is COc1ccc(NC(=O)C(N)CCc2ccccc2)cn1. The number of carbonyl (C=O) groups excluding carboxylic acids is 1. The summed E-state index contributed by atoms with van der Waals surface area (Å²) in [4.78, 5) is 16.0. The molecule has 3 N–H and O–H groups in total. The first-order valence-electron chi connectivity index (χ1n) is 6.79. The summed E-state index contributed by atoms with van der Waals surface area (Å²) in [6.45, 7) is 0. The number of hydrogen-bond donors (Lipinski definition) is 2. The van der Waals surface area contributed by atoms with E-state index >= 15 is 0 Å². The average molecular weight is 285 g/mol. The zero-order valence-corrected chi connectivity index (χ0v) is 12.0. The summed E-state index contributed by atoms with van der Waals surface area (Å²) in [6, 6.07) is 12.8. The van der Waals surface area contributed by atoms with Gasteiger partial charge in [0.1, 0.15) is 0 Å². The lowest BCUT2D eigenvalue weighted by atomic mass is 10.1. The molecule has 5 heteroatoms. The van der Waals surface area contributed by atoms with Gasteiger partial charge in [-0.25, -0.2) is 4.98 Å². The molecule has 0 bridgehead atoms. The van der Waals surface area contributed by atoms with Crippen LogP contribution in [0.15, 0.2) is 48.7 Å². The second-order valence-corrected chi connectivity index (χ2v) is 4.71. The van der Waals surface area contributed by atoms with Crippen molar-refractivity contribution >= 4 is 11.6 Å². The smallest absolute Gasteiger partial charge is 0.241 e. The predicted molar refractivity (Wildman–Crippen MR) is 82.2 cm³/mol. The Balaban J connectivity index is 1.84. The maximum absolute atomic E-state index is 12.0. The molecule has 0 aliphatic rings. The van der Waals surface area contributed by atoms with Gasteiger partial charge >= 0.3 is 0 Å². The van der Waals surface area contributed by atoms with Crippen molar-refractivity contribution in [1.29, 1.82) is 0 Å². The van der Waals surface area contributed by atoms with Gasteiger partial charge in [0.2, 0.25) is 11.8 Å². The maximum Gasteiger partial charge on any atom is 0.241 e. The van der Waals surface area contributed by atoms with Crippen LogP contribution in [0.5, 0.6) is 5.88 Å². The number of ether oxygens (including phenoxy) is 1. The molecule has 0 aliphatic heterocycles. The number of benzene rings is 1. The quantitative estimate of drug-likeness (QED) is 0.851. The van der Waals surface area contributed by atoms with E-state index in [0.29, 0.717) is 18.0 Å². The number of methoxy groups -OCH3 is 1. The number of aryl methyl sites for hydroxylation is 1. The third kappa shape index (κ3) is 4.57. The zero-order valence-electron chi connectivity index (χ0n) is 12.0. The molecule has 1 heterocycles. The Bertz CT molecular complexity index is 570. The van der Waals surface area contributed by atoms with E-state index < -0.39 is 6.04 Å². The fourth-order valence-electron chi connectivity index (χ4n) is 1.91. The van der Waals surface area contributed by atoms with Crippen molar-refractivity contribution in [2.24, 2.45) is 5.73 Å². The third-order valence-corrected chi connectivity index (χ3v) is 3.14. The lowest BCUT2D eigenvalue weighted by Crippen LogP contribution is -2.36. The Kier molecular flexibility index (Phi) is 5.29. The van der Waals surface area contributed by atoms with Crippen molar-refractivity contribution in [3.05, 3.63) is 54.2 Å². The fraction of sp³-hybridized carbons (Fsp3) is 0.250. The minimum Gasteiger partial charge on any atom is -0.481 e. The van der Waals surface area contributed by atoms with Crippen molar-refractivity contribution in [3.8, 4) is 5.88 Å². The van der Waals surface area contributed by atoms with Gasteiger partial charge in [-0.15, -0.1) is 0 Å². The van der Waals surface area contributed by atoms with E-state index in [1.54, 1.807) is 25.4 Å². The van der Waals surface area contributed by atoms with Gasteiger partial charge in [0, 0.05) is 6.07 Å². The van der Waals surface area contributed by atoms with Gasteiger partial charge in [0.15, 0.2) is 0 Å². The summed E-state index contributed by atoms with van der Waals surface area (Å²) in [7, 11) is 1.54. The predicted octanol–water partition coefficient (Wildman–Crippen LogP) is 1.99. The summed E-state index contributed by atoms with van der Waals surface area (Å²) in [5.41, 5.74) is 7.69. The molecular weight excluding hydrogens is 266 g/mol. The third-order valence-electron chi connectivity index (χ3n) is 3.14. The number of aromatic nitrogens is 1. The number of pyridine rings is 1. The van der Waals surface area contributed by atoms with Crippen LogP contribution in [0, 0.1) is 0 Å². The number of amides is 1. The molecule has 1 amide bonds. The lowest BCUT2D eigenvalue weighted by molar-refractivity contribution is -0.117. The van der Waals surface area contributed by atoms with E-state index in [0.717, 1.165) is 6.42 Å². The van der Waals surface area contributed by atoms with Gasteiger partial charge in [0.25, 0.3) is 0 Å². The standard InChI is InChI=1S/C16H19N3O2/c1-21-15-10-8-13(11-18-15)19-16(20)14(17)9-7-12-5-3-2-4-6-12/h2-6,8,10-11,14H,7,9,17H2,1H3,(H,19,20). The molecule has 1 aromatic carbocycles. The number of anilines is 1. The van der Waals surface area contributed by atoms with Gasteiger partial charge in [-0.05, 0) is 24.5 Å². The van der Waals surface area contributed by atoms with Crippen molar-refractivity contribution < 1.29 is 9.53 Å². The Hall–Kier alpha value is -2.40. The molecule has 1 unspecified atom stereocenters. The Morgan fingerprint density at radius 1 is 1.29 bits per heavy atom. The van der Waals surface area contributed by atoms with Gasteiger partial charge in [-0.3, -0.25) is 4.79 Å². The molecule has 0 fully saturated rings. The Morgan fingerprint density at radius 3 is 2.67 bits per heavy atom. The van der Waals surface area contributed by atoms with E-state index in [-0.39, 0.29) is 5.91 Å². The second-order valence-electron chi connectivity index (χ2n) is 4.71. The van der Waals surface area contributed by atoms with E-state index in [1.165, 1.54) is 5.56 Å². The van der Waals surface area contributed by atoms with Crippen molar-refractivity contribution in [2.75, 3.05) is 12.4 Å². The second kappa shape index (κ2) is 7.40. The molecule has 0 saturated carbocycles. The van der Waals surface area contributed by atoms with Gasteiger partial charge < -0.3 is 15.8 Å². The molecule has 21 heavy (non-hydrogen) atoms. The highest BCUT2D eigenvalue weighted by atomic mass is 16.5. The summed E-state index contributed by atoms with van der Waals surface area (Å²) in [6.07, 6.45) is 2.91. The van der Waals surface area contributed by atoms with Crippen molar-refractivity contribution in [2.45, 2.75) is 18.9 Å². The van der Waals surface area contributed by atoms with Crippen molar-refractivity contribution in [1.82, 2.24) is 4.98 Å². The van der Waals surface area contributed by atoms with Crippen LogP contribution in [-0.4, -0.2) is 24.0 Å². The number of carbonyl (C=O) groups is 1. The first-order valence-corrected chi connectivity index (χ1v) is 6.79. The Labute approximate surface area is 124 Å². The van der Waals surface area contributed by atoms with E-state index in [1.807, 2.05) is 30.3 Å². The van der Waals surface area contributed by atoms with Gasteiger partial charge in [-0.2, -0.15) is 0 Å². The summed E-state index contributed by atoms with van der Waals surface area (Å²) < 4.78 is 4.96. The van der Waals surface area contributed by atoms with Crippen LogP contribution < -0.4 is 15.8 Å². The van der Waals surface area contributed by atoms with Crippen LogP contribution in [-0.2, 0) is 11.2 Å². The molecule has 0 radical (unpaired) electrons. The van der Waals surface area contributed by atoms with Gasteiger partial charge in [-0.1, -0.05) is 30.3 Å². The first-order chi connectivity index (χ1) is 10.2. The Morgan fingerprint density at radius 2 is 2.05 bits per heavy atom. The number of nitrogens with zero attached hydrogens (tertiary/aromatic N) is 1. The number of nitrogens with one attached hydrogen (secondary N) is 1. The molecule has 1 aromatic heterocycles. The molecular formula is C16H19N3O2. The highest BCUT2D eigenvalue weighted by molar-refractivity contribution is 5.94. The molecule has 110 valence electrons. The summed E-state index contributed by atoms with van der Waals surface area (Å²) in [5.74, 6) is 0.291. The number of hydrogen-bond acceptors (Lipinski definition) is 4. The van der Waals surface area contributed by atoms with Crippen molar-refractivity contribution in [3.63, 3.8) is 0 Å². The van der Waals surface area contributed by atoms with Crippen LogP contribution in [0.1, 0.15) is 12.0 Å². The van der Waals surface area contributed by atoms with E-state index in [2.05, 4.69) is 10.3 Å².